The number of nitrogens with two attached hydrogens (primary N) is 1. The van der Waals surface area contributed by atoms with E-state index in [1.165, 1.54) is 6.07 Å². The minimum Gasteiger partial charge on any atom is -0.399 e. The van der Waals surface area contributed by atoms with Gasteiger partial charge < -0.3 is 11.1 Å². The summed E-state index contributed by atoms with van der Waals surface area (Å²) in [5.74, 6) is -0.0664. The summed E-state index contributed by atoms with van der Waals surface area (Å²) in [6.07, 6.45) is 1.78. The van der Waals surface area contributed by atoms with Crippen LogP contribution in [0.3, 0.4) is 0 Å². The van der Waals surface area contributed by atoms with Crippen molar-refractivity contribution in [1.29, 1.82) is 0 Å². The number of thiazole rings is 1. The van der Waals surface area contributed by atoms with Crippen molar-refractivity contribution in [3.05, 3.63) is 40.6 Å². The van der Waals surface area contributed by atoms with Crippen molar-refractivity contribution in [3.8, 4) is 0 Å². The Balaban J connectivity index is 1.98. The van der Waals surface area contributed by atoms with Crippen LogP contribution in [0.25, 0.3) is 0 Å². The van der Waals surface area contributed by atoms with Crippen molar-refractivity contribution in [2.24, 2.45) is 0 Å². The van der Waals surface area contributed by atoms with Crippen molar-refractivity contribution in [2.75, 3.05) is 17.6 Å². The molecule has 1 aromatic carbocycles. The van der Waals surface area contributed by atoms with Crippen molar-refractivity contribution in [1.82, 2.24) is 4.98 Å². The first-order valence-corrected chi connectivity index (χ1v) is 6.23. The van der Waals surface area contributed by atoms with Gasteiger partial charge in [0.2, 0.25) is 0 Å². The number of benzene rings is 1. The van der Waals surface area contributed by atoms with E-state index in [2.05, 4.69) is 17.2 Å². The maximum absolute atomic E-state index is 13.5. The molecule has 3 N–H and O–H groups in total. The average Bonchev–Trinajstić information content (AvgIpc) is 2.81. The normalized spacial score (nSPS) is 12.4. The van der Waals surface area contributed by atoms with Crippen LogP contribution in [0, 0.1) is 5.82 Å². The fourth-order valence-corrected chi connectivity index (χ4v) is 2.20. The van der Waals surface area contributed by atoms with Gasteiger partial charge in [0.05, 0.1) is 10.7 Å². The first-order valence-electron chi connectivity index (χ1n) is 5.35. The molecule has 0 spiro atoms. The second-order valence-electron chi connectivity index (χ2n) is 3.89. The van der Waals surface area contributed by atoms with Gasteiger partial charge in [0.15, 0.2) is 0 Å². The van der Waals surface area contributed by atoms with Crippen LogP contribution < -0.4 is 11.1 Å². The number of halogens is 1. The quantitative estimate of drug-likeness (QED) is 0.821. The van der Waals surface area contributed by atoms with Crippen LogP contribution >= 0.6 is 11.3 Å². The molecule has 0 saturated heterocycles. The Morgan fingerprint density at radius 1 is 1.53 bits per heavy atom. The smallest absolute Gasteiger partial charge is 0.148 e. The summed E-state index contributed by atoms with van der Waals surface area (Å²) >= 11 is 1.61. The highest BCUT2D eigenvalue weighted by Gasteiger charge is 2.09. The molecule has 0 saturated carbocycles. The Kier molecular flexibility index (Phi) is 3.58. The molecule has 0 bridgehead atoms. The highest BCUT2D eigenvalue weighted by molar-refractivity contribution is 7.09. The number of nitrogen functional groups attached to an aromatic ring is 1. The summed E-state index contributed by atoms with van der Waals surface area (Å²) in [6.45, 7) is 2.70. The molecule has 0 aliphatic carbocycles. The third-order valence-electron chi connectivity index (χ3n) is 2.46. The van der Waals surface area contributed by atoms with E-state index in [0.717, 1.165) is 5.01 Å². The molecule has 0 aliphatic rings. The highest BCUT2D eigenvalue weighted by Crippen LogP contribution is 2.21. The van der Waals surface area contributed by atoms with Crippen molar-refractivity contribution >= 4 is 22.7 Å². The number of anilines is 2. The van der Waals surface area contributed by atoms with Gasteiger partial charge in [0.25, 0.3) is 0 Å². The maximum Gasteiger partial charge on any atom is 0.148 e. The fraction of sp³-hybridized carbons (Fsp3) is 0.250. The van der Waals surface area contributed by atoms with Gasteiger partial charge in [-0.25, -0.2) is 9.37 Å². The van der Waals surface area contributed by atoms with Crippen molar-refractivity contribution in [2.45, 2.75) is 12.8 Å². The van der Waals surface area contributed by atoms with Crippen LogP contribution in [0.15, 0.2) is 29.8 Å². The predicted octanol–water partition coefficient (Wildman–Crippen LogP) is 3.08. The Morgan fingerprint density at radius 2 is 2.35 bits per heavy atom. The SMILES string of the molecule is CC(CNc1ccc(N)cc1F)c1nccs1. The molecule has 2 rings (SSSR count). The van der Waals surface area contributed by atoms with E-state index in [1.807, 2.05) is 5.38 Å². The minimum atomic E-state index is -0.323. The van der Waals surface area contributed by atoms with Gasteiger partial charge in [0, 0.05) is 29.7 Å². The monoisotopic (exact) mass is 251 g/mol. The van der Waals surface area contributed by atoms with E-state index in [0.29, 0.717) is 17.9 Å². The molecule has 0 aliphatic heterocycles. The Labute approximate surface area is 103 Å². The van der Waals surface area contributed by atoms with E-state index in [9.17, 15) is 4.39 Å². The number of aromatic nitrogens is 1. The number of hydrogen-bond donors (Lipinski definition) is 2. The lowest BCUT2D eigenvalue weighted by Gasteiger charge is -2.12. The van der Waals surface area contributed by atoms with Gasteiger partial charge >= 0.3 is 0 Å². The molecule has 17 heavy (non-hydrogen) atoms. The molecule has 2 aromatic rings. The van der Waals surface area contributed by atoms with E-state index in [4.69, 9.17) is 5.73 Å². The summed E-state index contributed by atoms with van der Waals surface area (Å²) < 4.78 is 13.5. The van der Waals surface area contributed by atoms with Crippen molar-refractivity contribution in [3.63, 3.8) is 0 Å². The van der Waals surface area contributed by atoms with E-state index >= 15 is 0 Å². The lowest BCUT2D eigenvalue weighted by Crippen LogP contribution is -2.10. The summed E-state index contributed by atoms with van der Waals surface area (Å²) in [6, 6.07) is 4.65. The van der Waals surface area contributed by atoms with Gasteiger partial charge in [-0.3, -0.25) is 0 Å². The molecule has 1 heterocycles. The summed E-state index contributed by atoms with van der Waals surface area (Å²) in [5, 5.41) is 6.05. The van der Waals surface area contributed by atoms with Crippen molar-refractivity contribution < 1.29 is 4.39 Å². The topological polar surface area (TPSA) is 50.9 Å². The van der Waals surface area contributed by atoms with Crippen LogP contribution in [-0.4, -0.2) is 11.5 Å². The molecule has 5 heteroatoms. The summed E-state index contributed by atoms with van der Waals surface area (Å²) in [7, 11) is 0. The van der Waals surface area contributed by atoms with Gasteiger partial charge in [-0.15, -0.1) is 11.3 Å². The predicted molar refractivity (Wildman–Crippen MR) is 69.8 cm³/mol. The van der Waals surface area contributed by atoms with Gasteiger partial charge in [-0.05, 0) is 18.2 Å². The minimum absolute atomic E-state index is 0.256. The molecule has 90 valence electrons. The molecule has 0 radical (unpaired) electrons. The Hall–Kier alpha value is -1.62. The third kappa shape index (κ3) is 2.94. The second-order valence-corrected chi connectivity index (χ2v) is 4.82. The van der Waals surface area contributed by atoms with E-state index in [-0.39, 0.29) is 11.7 Å². The standard InChI is InChI=1S/C12H14FN3S/c1-8(12-15-4-5-17-12)7-16-11-3-2-9(14)6-10(11)13/h2-6,8,16H,7,14H2,1H3. The van der Waals surface area contributed by atoms with Gasteiger partial charge in [-0.1, -0.05) is 6.92 Å². The van der Waals surface area contributed by atoms with Crippen LogP contribution in [-0.2, 0) is 0 Å². The highest BCUT2D eigenvalue weighted by atomic mass is 32.1. The molecule has 0 fully saturated rings. The van der Waals surface area contributed by atoms with E-state index in [1.54, 1.807) is 29.7 Å². The van der Waals surface area contributed by atoms with Gasteiger partial charge in [-0.2, -0.15) is 0 Å². The molecule has 3 nitrogen and oxygen atoms in total. The summed E-state index contributed by atoms with van der Waals surface area (Å²) in [4.78, 5) is 4.23. The number of hydrogen-bond acceptors (Lipinski definition) is 4. The van der Waals surface area contributed by atoms with E-state index < -0.39 is 0 Å². The zero-order chi connectivity index (χ0) is 12.3. The van der Waals surface area contributed by atoms with Crippen LogP contribution in [0.1, 0.15) is 17.8 Å². The molecule has 1 atom stereocenters. The number of nitrogens with zero attached hydrogens (tertiary/aromatic N) is 1. The molecule has 1 aromatic heterocycles. The largest absolute Gasteiger partial charge is 0.399 e. The van der Waals surface area contributed by atoms with Crippen LogP contribution in [0.4, 0.5) is 15.8 Å². The third-order valence-corrected chi connectivity index (χ3v) is 3.47. The zero-order valence-electron chi connectivity index (χ0n) is 9.48. The summed E-state index contributed by atoms with van der Waals surface area (Å²) in [5.41, 5.74) is 6.39. The molecular formula is C12H14FN3S. The first kappa shape index (κ1) is 11.9. The van der Waals surface area contributed by atoms with Crippen LogP contribution in [0.2, 0.25) is 0 Å². The number of nitrogens with one attached hydrogen (secondary N) is 1. The first-order chi connectivity index (χ1) is 8.16. The van der Waals surface area contributed by atoms with Crippen LogP contribution in [0.5, 0.6) is 0 Å². The number of rotatable bonds is 4. The molecular weight excluding hydrogens is 237 g/mol. The average molecular weight is 251 g/mol. The molecule has 1 unspecified atom stereocenters. The molecule has 0 amide bonds. The maximum atomic E-state index is 13.5. The Bertz CT molecular complexity index is 485. The zero-order valence-corrected chi connectivity index (χ0v) is 10.3. The fourth-order valence-electron chi connectivity index (χ4n) is 1.50. The second kappa shape index (κ2) is 5.14. The lowest BCUT2D eigenvalue weighted by atomic mass is 10.2. The van der Waals surface area contributed by atoms with Gasteiger partial charge in [0.1, 0.15) is 5.82 Å². The Morgan fingerprint density at radius 3 is 3.00 bits per heavy atom. The lowest BCUT2D eigenvalue weighted by molar-refractivity contribution is 0.629.